The van der Waals surface area contributed by atoms with E-state index in [9.17, 15) is 15.2 Å². The summed E-state index contributed by atoms with van der Waals surface area (Å²) in [7, 11) is 1.27. The summed E-state index contributed by atoms with van der Waals surface area (Å²) in [6.45, 7) is -0.0476. The van der Waals surface area contributed by atoms with Crippen LogP contribution in [0.15, 0.2) is 17.2 Å². The number of azide groups is 1. The van der Waals surface area contributed by atoms with Gasteiger partial charge in [-0.2, -0.15) is 0 Å². The molecule has 84 valence electrons. The molecule has 0 aliphatic heterocycles. The monoisotopic (exact) mass is 224 g/mol. The van der Waals surface area contributed by atoms with Crippen LogP contribution in [-0.2, 0) is 6.54 Å². The van der Waals surface area contributed by atoms with Crippen molar-refractivity contribution in [3.63, 3.8) is 0 Å². The van der Waals surface area contributed by atoms with Crippen LogP contribution in [0.1, 0.15) is 5.56 Å². The predicted molar refractivity (Wildman–Crippen MR) is 54.2 cm³/mol. The zero-order valence-corrected chi connectivity index (χ0v) is 8.32. The minimum absolute atomic E-state index is 0.0302. The van der Waals surface area contributed by atoms with Crippen molar-refractivity contribution >= 4 is 5.69 Å². The molecule has 16 heavy (non-hydrogen) atoms. The molecule has 0 radical (unpaired) electrons. The molecule has 1 aromatic rings. The van der Waals surface area contributed by atoms with Gasteiger partial charge in [-0.15, -0.1) is 0 Å². The first-order valence-electron chi connectivity index (χ1n) is 4.15. The molecule has 0 saturated carbocycles. The molecule has 0 aliphatic carbocycles. The fourth-order valence-corrected chi connectivity index (χ4v) is 1.15. The Morgan fingerprint density at radius 1 is 1.69 bits per heavy atom. The quantitative estimate of drug-likeness (QED) is 0.276. The Bertz CT molecular complexity index is 467. The van der Waals surface area contributed by atoms with Crippen molar-refractivity contribution in [3.8, 4) is 11.5 Å². The van der Waals surface area contributed by atoms with Crippen molar-refractivity contribution in [2.75, 3.05) is 7.11 Å². The topological polar surface area (TPSA) is 121 Å². The van der Waals surface area contributed by atoms with E-state index in [1.165, 1.54) is 13.2 Å². The Morgan fingerprint density at radius 3 is 2.88 bits per heavy atom. The van der Waals surface area contributed by atoms with Gasteiger partial charge in [0.1, 0.15) is 0 Å². The van der Waals surface area contributed by atoms with Gasteiger partial charge in [-0.25, -0.2) is 0 Å². The normalized spacial score (nSPS) is 9.31. The molecule has 0 unspecified atom stereocenters. The van der Waals surface area contributed by atoms with Crippen LogP contribution < -0.4 is 4.74 Å². The maximum absolute atomic E-state index is 10.6. The van der Waals surface area contributed by atoms with Crippen molar-refractivity contribution in [1.82, 2.24) is 0 Å². The van der Waals surface area contributed by atoms with E-state index in [0.717, 1.165) is 6.07 Å². The molecule has 1 rings (SSSR count). The van der Waals surface area contributed by atoms with Crippen LogP contribution in [0.3, 0.4) is 0 Å². The number of aromatic hydroxyl groups is 1. The first kappa shape index (κ1) is 11.6. The number of methoxy groups -OCH3 is 1. The fraction of sp³-hybridized carbons (Fsp3) is 0.250. The van der Waals surface area contributed by atoms with Gasteiger partial charge >= 0.3 is 5.69 Å². The number of nitro benzene ring substituents is 1. The van der Waals surface area contributed by atoms with Crippen LogP contribution in [0, 0.1) is 10.1 Å². The number of ether oxygens (including phenoxy) is 1. The standard InChI is InChI=1S/C8H8N4O4/c1-16-7-3-5(4-10-11-9)2-6(8(7)13)12(14)15/h2-3,13H,4H2,1H3. The Hall–Kier alpha value is -2.47. The molecule has 0 heterocycles. The molecule has 0 aromatic heterocycles. The largest absolute Gasteiger partial charge is 0.500 e. The molecular formula is C8H8N4O4. The van der Waals surface area contributed by atoms with Crippen molar-refractivity contribution < 1.29 is 14.8 Å². The van der Waals surface area contributed by atoms with Gasteiger partial charge < -0.3 is 9.84 Å². The van der Waals surface area contributed by atoms with Gasteiger partial charge in [-0.05, 0) is 17.2 Å². The van der Waals surface area contributed by atoms with Gasteiger partial charge in [0, 0.05) is 11.0 Å². The molecule has 8 heteroatoms. The van der Waals surface area contributed by atoms with Crippen LogP contribution >= 0.6 is 0 Å². The molecule has 0 aliphatic rings. The number of phenolic OH excluding ortho intramolecular Hbond substituents is 1. The second-order valence-electron chi connectivity index (χ2n) is 2.81. The van der Waals surface area contributed by atoms with Crippen molar-refractivity contribution in [2.45, 2.75) is 6.54 Å². The molecule has 0 bridgehead atoms. The third-order valence-corrected chi connectivity index (χ3v) is 1.85. The van der Waals surface area contributed by atoms with Crippen LogP contribution in [0.25, 0.3) is 10.4 Å². The zero-order valence-electron chi connectivity index (χ0n) is 8.32. The second kappa shape index (κ2) is 4.85. The van der Waals surface area contributed by atoms with Crippen molar-refractivity contribution in [1.29, 1.82) is 0 Å². The van der Waals surface area contributed by atoms with E-state index >= 15 is 0 Å². The van der Waals surface area contributed by atoms with Crippen LogP contribution in [0.2, 0.25) is 0 Å². The van der Waals surface area contributed by atoms with E-state index in [1.807, 2.05) is 0 Å². The Kier molecular flexibility index (Phi) is 3.52. The van der Waals surface area contributed by atoms with Gasteiger partial charge in [-0.3, -0.25) is 10.1 Å². The second-order valence-corrected chi connectivity index (χ2v) is 2.81. The van der Waals surface area contributed by atoms with E-state index in [4.69, 9.17) is 10.3 Å². The molecule has 1 aromatic carbocycles. The maximum Gasteiger partial charge on any atom is 0.314 e. The molecule has 0 amide bonds. The minimum atomic E-state index is -0.739. The van der Waals surface area contributed by atoms with Crippen molar-refractivity contribution in [2.24, 2.45) is 5.11 Å². The van der Waals surface area contributed by atoms with E-state index < -0.39 is 16.4 Å². The smallest absolute Gasteiger partial charge is 0.314 e. The van der Waals surface area contributed by atoms with Crippen LogP contribution in [0.4, 0.5) is 5.69 Å². The number of nitrogens with zero attached hydrogens (tertiary/aromatic N) is 4. The minimum Gasteiger partial charge on any atom is -0.500 e. The third-order valence-electron chi connectivity index (χ3n) is 1.85. The highest BCUT2D eigenvalue weighted by Gasteiger charge is 2.19. The highest BCUT2D eigenvalue weighted by molar-refractivity contribution is 5.57. The molecule has 0 spiro atoms. The molecule has 0 fully saturated rings. The first-order chi connectivity index (χ1) is 7.60. The maximum atomic E-state index is 10.6. The lowest BCUT2D eigenvalue weighted by Crippen LogP contribution is -1.94. The molecule has 1 N–H and O–H groups in total. The lowest BCUT2D eigenvalue weighted by atomic mass is 10.1. The van der Waals surface area contributed by atoms with Gasteiger partial charge in [0.2, 0.25) is 5.75 Å². The van der Waals surface area contributed by atoms with Gasteiger partial charge in [0.15, 0.2) is 5.75 Å². The summed E-state index contributed by atoms with van der Waals surface area (Å²) >= 11 is 0. The number of rotatable bonds is 4. The number of hydrogen-bond acceptors (Lipinski definition) is 5. The zero-order chi connectivity index (χ0) is 12.1. The lowest BCUT2D eigenvalue weighted by Gasteiger charge is -2.05. The summed E-state index contributed by atoms with van der Waals surface area (Å²) in [5, 5.41) is 23.3. The van der Waals surface area contributed by atoms with Gasteiger partial charge in [-0.1, -0.05) is 5.11 Å². The Balaban J connectivity index is 3.27. The number of nitro groups is 1. The average Bonchev–Trinajstić information content (AvgIpc) is 2.27. The highest BCUT2D eigenvalue weighted by atomic mass is 16.6. The summed E-state index contributed by atoms with van der Waals surface area (Å²) < 4.78 is 4.77. The SMILES string of the molecule is COc1cc(CN=[N+]=[N-])cc([N+](=O)[O-])c1O. The summed E-state index contributed by atoms with van der Waals surface area (Å²) in [4.78, 5) is 12.4. The highest BCUT2D eigenvalue weighted by Crippen LogP contribution is 2.36. The summed E-state index contributed by atoms with van der Waals surface area (Å²) in [5.74, 6) is -0.575. The molecule has 8 nitrogen and oxygen atoms in total. The number of phenols is 1. The van der Waals surface area contributed by atoms with E-state index in [-0.39, 0.29) is 12.3 Å². The molecule has 0 atom stereocenters. The lowest BCUT2D eigenvalue weighted by molar-refractivity contribution is -0.386. The Labute approximate surface area is 89.9 Å². The summed E-state index contributed by atoms with van der Waals surface area (Å²) in [6.07, 6.45) is 0. The number of benzene rings is 1. The summed E-state index contributed by atoms with van der Waals surface area (Å²) in [5.41, 5.74) is 8.04. The first-order valence-corrected chi connectivity index (χ1v) is 4.15. The average molecular weight is 224 g/mol. The molecular weight excluding hydrogens is 216 g/mol. The third kappa shape index (κ3) is 2.31. The van der Waals surface area contributed by atoms with Crippen molar-refractivity contribution in [3.05, 3.63) is 38.3 Å². The van der Waals surface area contributed by atoms with Gasteiger partial charge in [0.05, 0.1) is 18.6 Å². The van der Waals surface area contributed by atoms with E-state index in [1.54, 1.807) is 0 Å². The fourth-order valence-electron chi connectivity index (χ4n) is 1.15. The molecule has 0 saturated heterocycles. The van der Waals surface area contributed by atoms with E-state index in [0.29, 0.717) is 5.56 Å². The Morgan fingerprint density at radius 2 is 2.38 bits per heavy atom. The van der Waals surface area contributed by atoms with E-state index in [2.05, 4.69) is 10.0 Å². The number of hydrogen-bond donors (Lipinski definition) is 1. The summed E-state index contributed by atoms with van der Waals surface area (Å²) in [6, 6.07) is 2.50. The van der Waals surface area contributed by atoms with Crippen LogP contribution in [-0.4, -0.2) is 17.1 Å². The van der Waals surface area contributed by atoms with Gasteiger partial charge in [0.25, 0.3) is 0 Å². The predicted octanol–water partition coefficient (Wildman–Crippen LogP) is 2.12. The van der Waals surface area contributed by atoms with Crippen LogP contribution in [0.5, 0.6) is 11.5 Å².